The third-order valence-corrected chi connectivity index (χ3v) is 7.13. The SMILES string of the molecule is CC12CC3CC(C1)CC(C(O)CCCC1CCCO1)(C3)C2. The summed E-state index contributed by atoms with van der Waals surface area (Å²) in [6, 6.07) is 0. The van der Waals surface area contributed by atoms with Crippen LogP contribution in [-0.2, 0) is 4.74 Å². The maximum absolute atomic E-state index is 11.0. The molecule has 1 aliphatic heterocycles. The molecule has 0 aromatic heterocycles. The molecule has 4 bridgehead atoms. The van der Waals surface area contributed by atoms with E-state index < -0.39 is 0 Å². The minimum atomic E-state index is -0.0517. The molecule has 2 nitrogen and oxygen atoms in total. The van der Waals surface area contributed by atoms with Gasteiger partial charge in [-0.15, -0.1) is 0 Å². The summed E-state index contributed by atoms with van der Waals surface area (Å²) < 4.78 is 5.72. The van der Waals surface area contributed by atoms with Crippen molar-refractivity contribution in [2.24, 2.45) is 22.7 Å². The molecule has 0 spiro atoms. The van der Waals surface area contributed by atoms with Crippen LogP contribution in [0.2, 0.25) is 0 Å². The molecule has 0 amide bonds. The van der Waals surface area contributed by atoms with E-state index in [0.717, 1.165) is 37.7 Å². The topological polar surface area (TPSA) is 29.5 Å². The van der Waals surface area contributed by atoms with Gasteiger partial charge in [-0.05, 0) is 93.3 Å². The van der Waals surface area contributed by atoms with Crippen LogP contribution in [0.3, 0.4) is 0 Å². The third kappa shape index (κ3) is 2.67. The van der Waals surface area contributed by atoms with Gasteiger partial charge in [0.1, 0.15) is 0 Å². The summed E-state index contributed by atoms with van der Waals surface area (Å²) in [5.74, 6) is 1.84. The van der Waals surface area contributed by atoms with Gasteiger partial charge in [0.05, 0.1) is 12.2 Å². The average Bonchev–Trinajstić information content (AvgIpc) is 2.88. The molecule has 4 atom stereocenters. The molecule has 1 saturated heterocycles. The highest BCUT2D eigenvalue weighted by Crippen LogP contribution is 2.66. The lowest BCUT2D eigenvalue weighted by molar-refractivity contribution is -0.155. The van der Waals surface area contributed by atoms with Gasteiger partial charge in [0.25, 0.3) is 0 Å². The second kappa shape index (κ2) is 5.23. The van der Waals surface area contributed by atoms with Gasteiger partial charge in [-0.3, -0.25) is 0 Å². The quantitative estimate of drug-likeness (QED) is 0.818. The zero-order valence-corrected chi connectivity index (χ0v) is 13.7. The lowest BCUT2D eigenvalue weighted by Crippen LogP contribution is -2.55. The van der Waals surface area contributed by atoms with Crippen LogP contribution in [0.4, 0.5) is 0 Å². The van der Waals surface area contributed by atoms with Gasteiger partial charge in [0.2, 0.25) is 0 Å². The molecule has 5 aliphatic rings. The molecule has 2 heteroatoms. The Labute approximate surface area is 129 Å². The van der Waals surface area contributed by atoms with E-state index in [4.69, 9.17) is 4.74 Å². The van der Waals surface area contributed by atoms with Crippen molar-refractivity contribution in [3.63, 3.8) is 0 Å². The predicted octanol–water partition coefficient (Wildman–Crippen LogP) is 4.30. The van der Waals surface area contributed by atoms with Crippen molar-refractivity contribution in [1.29, 1.82) is 0 Å². The van der Waals surface area contributed by atoms with E-state index in [1.165, 1.54) is 51.4 Å². The van der Waals surface area contributed by atoms with Crippen LogP contribution in [0.15, 0.2) is 0 Å². The standard InChI is InChI=1S/C19H32O2/c1-18-9-14-8-15(10-18)12-19(11-14,13-18)17(20)6-2-4-16-5-3-7-21-16/h14-17,20H,2-13H2,1H3. The third-order valence-electron chi connectivity index (χ3n) is 7.13. The lowest BCUT2D eigenvalue weighted by Gasteiger charge is -2.62. The Balaban J connectivity index is 1.36. The van der Waals surface area contributed by atoms with Crippen molar-refractivity contribution in [3.05, 3.63) is 0 Å². The summed E-state index contributed by atoms with van der Waals surface area (Å²) in [5, 5.41) is 11.0. The van der Waals surface area contributed by atoms with E-state index in [1.54, 1.807) is 0 Å². The van der Waals surface area contributed by atoms with Crippen molar-refractivity contribution in [1.82, 2.24) is 0 Å². The van der Waals surface area contributed by atoms with Crippen molar-refractivity contribution in [2.45, 2.75) is 89.8 Å². The fraction of sp³-hybridized carbons (Fsp3) is 1.00. The van der Waals surface area contributed by atoms with E-state index in [9.17, 15) is 5.11 Å². The van der Waals surface area contributed by atoms with Gasteiger partial charge in [-0.1, -0.05) is 6.92 Å². The van der Waals surface area contributed by atoms with Gasteiger partial charge < -0.3 is 9.84 Å². The summed E-state index contributed by atoms with van der Waals surface area (Å²) in [4.78, 5) is 0. The first-order valence-electron chi connectivity index (χ1n) is 9.37. The first kappa shape index (κ1) is 14.5. The largest absolute Gasteiger partial charge is 0.393 e. The molecule has 1 N–H and O–H groups in total. The number of hydrogen-bond donors (Lipinski definition) is 1. The smallest absolute Gasteiger partial charge is 0.0596 e. The van der Waals surface area contributed by atoms with Gasteiger partial charge in [0.15, 0.2) is 0 Å². The maximum Gasteiger partial charge on any atom is 0.0596 e. The van der Waals surface area contributed by atoms with Gasteiger partial charge >= 0.3 is 0 Å². The molecule has 4 aliphatic carbocycles. The van der Waals surface area contributed by atoms with Crippen LogP contribution in [0.25, 0.3) is 0 Å². The summed E-state index contributed by atoms with van der Waals surface area (Å²) in [5.41, 5.74) is 0.842. The van der Waals surface area contributed by atoms with Crippen LogP contribution in [0.1, 0.15) is 77.6 Å². The van der Waals surface area contributed by atoms with Crippen molar-refractivity contribution >= 4 is 0 Å². The van der Waals surface area contributed by atoms with E-state index in [2.05, 4.69) is 6.92 Å². The van der Waals surface area contributed by atoms with Crippen molar-refractivity contribution in [2.75, 3.05) is 6.61 Å². The van der Waals surface area contributed by atoms with Crippen LogP contribution < -0.4 is 0 Å². The van der Waals surface area contributed by atoms with E-state index in [1.807, 2.05) is 0 Å². The molecule has 4 unspecified atom stereocenters. The normalized spacial score (nSPS) is 49.7. The fourth-order valence-corrected chi connectivity index (χ4v) is 6.91. The minimum absolute atomic E-state index is 0.0517. The van der Waals surface area contributed by atoms with E-state index in [-0.39, 0.29) is 11.5 Å². The molecule has 0 aromatic carbocycles. The highest BCUT2D eigenvalue weighted by Gasteiger charge is 2.57. The summed E-state index contributed by atoms with van der Waals surface area (Å²) in [6.45, 7) is 3.46. The second-order valence-electron chi connectivity index (χ2n) is 9.22. The van der Waals surface area contributed by atoms with Crippen LogP contribution in [-0.4, -0.2) is 23.9 Å². The Morgan fingerprint density at radius 2 is 1.95 bits per heavy atom. The summed E-state index contributed by atoms with van der Waals surface area (Å²) in [7, 11) is 0. The molecule has 5 fully saturated rings. The van der Waals surface area contributed by atoms with E-state index in [0.29, 0.717) is 11.5 Å². The monoisotopic (exact) mass is 292 g/mol. The Bertz CT molecular complexity index is 371. The Morgan fingerprint density at radius 3 is 2.57 bits per heavy atom. The summed E-state index contributed by atoms with van der Waals surface area (Å²) >= 11 is 0. The van der Waals surface area contributed by atoms with Gasteiger partial charge in [0, 0.05) is 6.61 Å². The van der Waals surface area contributed by atoms with Crippen LogP contribution in [0.5, 0.6) is 0 Å². The molecule has 4 saturated carbocycles. The fourth-order valence-electron chi connectivity index (χ4n) is 6.91. The van der Waals surface area contributed by atoms with Crippen LogP contribution >= 0.6 is 0 Å². The van der Waals surface area contributed by atoms with Gasteiger partial charge in [-0.25, -0.2) is 0 Å². The van der Waals surface area contributed by atoms with Crippen molar-refractivity contribution < 1.29 is 9.84 Å². The summed E-state index contributed by atoms with van der Waals surface area (Å²) in [6.07, 6.45) is 14.5. The molecule has 120 valence electrons. The Kier molecular flexibility index (Phi) is 3.61. The molecule has 0 aromatic rings. The zero-order chi connectivity index (χ0) is 14.5. The number of hydrogen-bond acceptors (Lipinski definition) is 2. The molecular weight excluding hydrogens is 260 g/mol. The molecule has 5 rings (SSSR count). The molecule has 21 heavy (non-hydrogen) atoms. The lowest BCUT2D eigenvalue weighted by atomic mass is 9.43. The zero-order valence-electron chi connectivity index (χ0n) is 13.7. The van der Waals surface area contributed by atoms with E-state index >= 15 is 0 Å². The molecule has 1 heterocycles. The number of aliphatic hydroxyl groups is 1. The highest BCUT2D eigenvalue weighted by molar-refractivity contribution is 5.08. The Morgan fingerprint density at radius 1 is 1.19 bits per heavy atom. The van der Waals surface area contributed by atoms with Gasteiger partial charge in [-0.2, -0.15) is 0 Å². The number of ether oxygens (including phenoxy) is 1. The van der Waals surface area contributed by atoms with Crippen LogP contribution in [0, 0.1) is 22.7 Å². The molecular formula is C19H32O2. The second-order valence-corrected chi connectivity index (χ2v) is 9.22. The first-order chi connectivity index (χ1) is 10.1. The highest BCUT2D eigenvalue weighted by atomic mass is 16.5. The Hall–Kier alpha value is -0.0800. The molecule has 0 radical (unpaired) electrons. The minimum Gasteiger partial charge on any atom is -0.393 e. The maximum atomic E-state index is 11.0. The predicted molar refractivity (Wildman–Crippen MR) is 84.1 cm³/mol. The van der Waals surface area contributed by atoms with Crippen molar-refractivity contribution in [3.8, 4) is 0 Å². The average molecular weight is 292 g/mol. The number of aliphatic hydroxyl groups excluding tert-OH is 1. The number of rotatable bonds is 5. The first-order valence-corrected chi connectivity index (χ1v) is 9.37.